The first kappa shape index (κ1) is 6.75. The van der Waals surface area contributed by atoms with Gasteiger partial charge in [0.05, 0.1) is 6.61 Å². The first-order chi connectivity index (χ1) is 4.22. The Bertz CT molecular complexity index is 118. The second-order valence-electron chi connectivity index (χ2n) is 2.83. The SMILES string of the molecule is CC(C)[C@@H]1COCC1=O. The van der Waals surface area contributed by atoms with Crippen molar-refractivity contribution in [1.29, 1.82) is 0 Å². The number of ketones is 1. The van der Waals surface area contributed by atoms with Crippen molar-refractivity contribution in [2.45, 2.75) is 13.8 Å². The number of hydrogen-bond donors (Lipinski definition) is 0. The van der Waals surface area contributed by atoms with Gasteiger partial charge >= 0.3 is 0 Å². The normalized spacial score (nSPS) is 27.9. The van der Waals surface area contributed by atoms with E-state index < -0.39 is 0 Å². The molecule has 0 aromatic heterocycles. The van der Waals surface area contributed by atoms with Crippen LogP contribution in [0.4, 0.5) is 0 Å². The minimum absolute atomic E-state index is 0.171. The van der Waals surface area contributed by atoms with Crippen LogP contribution in [0.2, 0.25) is 0 Å². The summed E-state index contributed by atoms with van der Waals surface area (Å²) in [5, 5.41) is 0. The molecule has 0 saturated carbocycles. The summed E-state index contributed by atoms with van der Waals surface area (Å²) >= 11 is 0. The zero-order valence-electron chi connectivity index (χ0n) is 5.89. The summed E-state index contributed by atoms with van der Waals surface area (Å²) in [4.78, 5) is 10.9. The second-order valence-corrected chi connectivity index (χ2v) is 2.83. The number of carbonyl (C=O) groups excluding carboxylic acids is 1. The number of hydrogen-bond acceptors (Lipinski definition) is 2. The van der Waals surface area contributed by atoms with Crippen LogP contribution in [0.25, 0.3) is 0 Å². The molecule has 0 N–H and O–H groups in total. The van der Waals surface area contributed by atoms with Crippen LogP contribution in [0.15, 0.2) is 0 Å². The minimum Gasteiger partial charge on any atom is -0.373 e. The van der Waals surface area contributed by atoms with Crippen molar-refractivity contribution in [1.82, 2.24) is 0 Å². The maximum atomic E-state index is 10.9. The van der Waals surface area contributed by atoms with E-state index in [1.165, 1.54) is 0 Å². The van der Waals surface area contributed by atoms with Crippen LogP contribution in [0.1, 0.15) is 13.8 Å². The zero-order valence-corrected chi connectivity index (χ0v) is 5.89. The van der Waals surface area contributed by atoms with Gasteiger partial charge in [0.15, 0.2) is 5.78 Å². The van der Waals surface area contributed by atoms with Crippen LogP contribution < -0.4 is 0 Å². The summed E-state index contributed by atoms with van der Waals surface area (Å²) in [6.45, 7) is 5.08. The van der Waals surface area contributed by atoms with Gasteiger partial charge in [-0.2, -0.15) is 0 Å². The van der Waals surface area contributed by atoms with Crippen LogP contribution in [-0.2, 0) is 9.53 Å². The van der Waals surface area contributed by atoms with Gasteiger partial charge in [-0.1, -0.05) is 13.8 Å². The van der Waals surface area contributed by atoms with E-state index in [9.17, 15) is 4.79 Å². The lowest BCUT2D eigenvalue weighted by atomic mass is 9.95. The molecule has 52 valence electrons. The quantitative estimate of drug-likeness (QED) is 0.523. The average Bonchev–Trinajstić information content (AvgIpc) is 2.13. The molecule has 0 amide bonds. The molecule has 0 aliphatic carbocycles. The summed E-state index contributed by atoms with van der Waals surface area (Å²) in [6, 6.07) is 0. The Morgan fingerprint density at radius 3 is 2.56 bits per heavy atom. The largest absolute Gasteiger partial charge is 0.373 e. The van der Waals surface area contributed by atoms with Crippen molar-refractivity contribution in [3.05, 3.63) is 0 Å². The third-order valence-electron chi connectivity index (χ3n) is 1.76. The Morgan fingerprint density at radius 2 is 2.33 bits per heavy atom. The van der Waals surface area contributed by atoms with Gasteiger partial charge in [0.2, 0.25) is 0 Å². The van der Waals surface area contributed by atoms with Gasteiger partial charge in [-0.05, 0) is 5.92 Å². The Balaban J connectivity index is 2.49. The smallest absolute Gasteiger partial charge is 0.164 e. The fourth-order valence-corrected chi connectivity index (χ4v) is 1.05. The van der Waals surface area contributed by atoms with Crippen molar-refractivity contribution >= 4 is 5.78 Å². The van der Waals surface area contributed by atoms with Gasteiger partial charge in [0.25, 0.3) is 0 Å². The fourth-order valence-electron chi connectivity index (χ4n) is 1.05. The van der Waals surface area contributed by atoms with Crippen molar-refractivity contribution in [2.75, 3.05) is 13.2 Å². The molecule has 1 saturated heterocycles. The molecule has 9 heavy (non-hydrogen) atoms. The lowest BCUT2D eigenvalue weighted by Crippen LogP contribution is -2.17. The highest BCUT2D eigenvalue weighted by Crippen LogP contribution is 2.17. The maximum Gasteiger partial charge on any atom is 0.164 e. The highest BCUT2D eigenvalue weighted by molar-refractivity contribution is 5.84. The van der Waals surface area contributed by atoms with E-state index in [2.05, 4.69) is 13.8 Å². The number of Topliss-reactive ketones (excluding diaryl/α,β-unsaturated/α-hetero) is 1. The van der Waals surface area contributed by atoms with Gasteiger partial charge in [-0.3, -0.25) is 4.79 Å². The van der Waals surface area contributed by atoms with E-state index in [0.717, 1.165) is 0 Å². The molecule has 0 unspecified atom stereocenters. The molecule has 1 heterocycles. The molecule has 0 bridgehead atoms. The molecule has 1 fully saturated rings. The molecule has 1 rings (SSSR count). The molecular weight excluding hydrogens is 116 g/mol. The van der Waals surface area contributed by atoms with Crippen LogP contribution >= 0.6 is 0 Å². The predicted octanol–water partition coefficient (Wildman–Crippen LogP) is 0.858. The van der Waals surface area contributed by atoms with Crippen molar-refractivity contribution in [3.63, 3.8) is 0 Å². The number of rotatable bonds is 1. The monoisotopic (exact) mass is 128 g/mol. The van der Waals surface area contributed by atoms with Crippen LogP contribution in [0.5, 0.6) is 0 Å². The van der Waals surface area contributed by atoms with Crippen LogP contribution in [-0.4, -0.2) is 19.0 Å². The van der Waals surface area contributed by atoms with Gasteiger partial charge in [-0.25, -0.2) is 0 Å². The predicted molar refractivity (Wildman–Crippen MR) is 34.2 cm³/mol. The summed E-state index contributed by atoms with van der Waals surface area (Å²) in [6.07, 6.45) is 0. The van der Waals surface area contributed by atoms with Crippen LogP contribution in [0, 0.1) is 11.8 Å². The summed E-state index contributed by atoms with van der Waals surface area (Å²) in [7, 11) is 0. The Morgan fingerprint density at radius 1 is 1.67 bits per heavy atom. The van der Waals surface area contributed by atoms with Crippen molar-refractivity contribution in [2.24, 2.45) is 11.8 Å². The first-order valence-electron chi connectivity index (χ1n) is 3.32. The molecular formula is C7H12O2. The lowest BCUT2D eigenvalue weighted by molar-refractivity contribution is -0.121. The van der Waals surface area contributed by atoms with Crippen molar-refractivity contribution < 1.29 is 9.53 Å². The van der Waals surface area contributed by atoms with E-state index >= 15 is 0 Å². The molecule has 0 radical (unpaired) electrons. The lowest BCUT2D eigenvalue weighted by Gasteiger charge is -2.08. The molecule has 1 atom stereocenters. The minimum atomic E-state index is 0.171. The van der Waals surface area contributed by atoms with E-state index in [1.54, 1.807) is 0 Å². The Labute approximate surface area is 55.2 Å². The summed E-state index contributed by atoms with van der Waals surface area (Å²) < 4.78 is 4.98. The molecule has 1 aliphatic heterocycles. The van der Waals surface area contributed by atoms with Gasteiger partial charge < -0.3 is 4.74 Å². The summed E-state index contributed by atoms with van der Waals surface area (Å²) in [5.74, 6) is 0.884. The van der Waals surface area contributed by atoms with E-state index in [4.69, 9.17) is 4.74 Å². The second kappa shape index (κ2) is 2.48. The molecule has 0 aromatic rings. The highest BCUT2D eigenvalue weighted by atomic mass is 16.5. The number of ether oxygens (including phenoxy) is 1. The van der Waals surface area contributed by atoms with Crippen LogP contribution in [0.3, 0.4) is 0 Å². The molecule has 0 aromatic carbocycles. The molecule has 2 nitrogen and oxygen atoms in total. The Kier molecular flexibility index (Phi) is 1.86. The highest BCUT2D eigenvalue weighted by Gasteiger charge is 2.27. The molecule has 0 spiro atoms. The van der Waals surface area contributed by atoms with E-state index in [0.29, 0.717) is 19.1 Å². The third kappa shape index (κ3) is 1.30. The fraction of sp³-hybridized carbons (Fsp3) is 0.857. The number of carbonyl (C=O) groups is 1. The third-order valence-corrected chi connectivity index (χ3v) is 1.76. The van der Waals surface area contributed by atoms with Gasteiger partial charge in [-0.15, -0.1) is 0 Å². The van der Waals surface area contributed by atoms with E-state index in [1.807, 2.05) is 0 Å². The van der Waals surface area contributed by atoms with E-state index in [-0.39, 0.29) is 11.7 Å². The molecule has 1 aliphatic rings. The standard InChI is InChI=1S/C7H12O2/c1-5(2)6-3-9-4-7(6)8/h5-6H,3-4H2,1-2H3/t6-/m0/s1. The maximum absolute atomic E-state index is 10.9. The molecule has 2 heteroatoms. The zero-order chi connectivity index (χ0) is 6.85. The van der Waals surface area contributed by atoms with Gasteiger partial charge in [0, 0.05) is 5.92 Å². The first-order valence-corrected chi connectivity index (χ1v) is 3.32. The van der Waals surface area contributed by atoms with Gasteiger partial charge in [0.1, 0.15) is 6.61 Å². The topological polar surface area (TPSA) is 26.3 Å². The summed E-state index contributed by atoms with van der Waals surface area (Å²) in [5.41, 5.74) is 0. The average molecular weight is 128 g/mol. The van der Waals surface area contributed by atoms with Crippen molar-refractivity contribution in [3.8, 4) is 0 Å². The Hall–Kier alpha value is -0.370.